The molecule has 1 aliphatic heterocycles. The number of likely N-dealkylation sites (N-methyl/N-ethyl adjacent to an activating group) is 1. The van der Waals surface area contributed by atoms with Crippen molar-refractivity contribution in [2.45, 2.75) is 25.2 Å². The van der Waals surface area contributed by atoms with Gasteiger partial charge < -0.3 is 20.0 Å². The summed E-state index contributed by atoms with van der Waals surface area (Å²) < 4.78 is 0. The number of benzene rings is 1. The lowest BCUT2D eigenvalue weighted by Gasteiger charge is -2.32. The lowest BCUT2D eigenvalue weighted by Crippen LogP contribution is -2.45. The van der Waals surface area contributed by atoms with Crippen LogP contribution in [0.2, 0.25) is 0 Å². The average Bonchev–Trinajstić information content (AvgIpc) is 3.04. The summed E-state index contributed by atoms with van der Waals surface area (Å²) in [6, 6.07) is 8.68. The first-order chi connectivity index (χ1) is 12.1. The van der Waals surface area contributed by atoms with E-state index in [2.05, 4.69) is 46.4 Å². The molecule has 1 aliphatic carbocycles. The van der Waals surface area contributed by atoms with Crippen LogP contribution in [0.1, 0.15) is 29.9 Å². The highest BCUT2D eigenvalue weighted by atomic mass is 16.2. The van der Waals surface area contributed by atoms with E-state index in [1.165, 1.54) is 11.1 Å². The van der Waals surface area contributed by atoms with Gasteiger partial charge in [-0.2, -0.15) is 0 Å². The van der Waals surface area contributed by atoms with E-state index in [0.717, 1.165) is 65.1 Å². The fraction of sp³-hybridized carbons (Fsp3) is 0.650. The fourth-order valence-corrected chi connectivity index (χ4v) is 3.91. The highest BCUT2D eigenvalue weighted by Gasteiger charge is 2.22. The van der Waals surface area contributed by atoms with Crippen LogP contribution in [-0.2, 0) is 6.42 Å². The first-order valence-electron chi connectivity index (χ1n) is 9.61. The van der Waals surface area contributed by atoms with Crippen LogP contribution in [0.3, 0.4) is 0 Å². The second-order valence-corrected chi connectivity index (χ2v) is 7.54. The number of hydrogen-bond donors (Lipinski definition) is 1. The number of nitrogens with zero attached hydrogens (tertiary/aromatic N) is 3. The molecule has 3 rings (SSSR count). The lowest BCUT2D eigenvalue weighted by atomic mass is 10.0. The van der Waals surface area contributed by atoms with Crippen LogP contribution in [0.25, 0.3) is 0 Å². The molecule has 0 aromatic heterocycles. The van der Waals surface area contributed by atoms with E-state index in [1.54, 1.807) is 0 Å². The summed E-state index contributed by atoms with van der Waals surface area (Å²) in [7, 11) is 4.08. The Labute approximate surface area is 152 Å². The smallest absolute Gasteiger partial charge is 0.317 e. The van der Waals surface area contributed by atoms with Gasteiger partial charge in [-0.05, 0) is 44.0 Å². The van der Waals surface area contributed by atoms with Gasteiger partial charge in [0.05, 0.1) is 0 Å². The predicted octanol–water partition coefficient (Wildman–Crippen LogP) is 2.00. The minimum absolute atomic E-state index is 0.0581. The zero-order chi connectivity index (χ0) is 17.6. The van der Waals surface area contributed by atoms with Gasteiger partial charge >= 0.3 is 6.03 Å². The Balaban J connectivity index is 1.34. The number of carbonyl (C=O) groups excluding carboxylic acids is 1. The van der Waals surface area contributed by atoms with Crippen molar-refractivity contribution in [3.8, 4) is 0 Å². The van der Waals surface area contributed by atoms with Gasteiger partial charge in [0.1, 0.15) is 0 Å². The van der Waals surface area contributed by atoms with Crippen molar-refractivity contribution >= 4 is 6.03 Å². The van der Waals surface area contributed by atoms with E-state index in [1.807, 2.05) is 11.9 Å². The maximum atomic E-state index is 12.3. The average molecular weight is 345 g/mol. The first kappa shape index (κ1) is 18.2. The maximum Gasteiger partial charge on any atom is 0.317 e. The number of urea groups is 1. The minimum Gasteiger partial charge on any atom is -0.337 e. The molecule has 2 amide bonds. The van der Waals surface area contributed by atoms with Gasteiger partial charge in [-0.25, -0.2) is 4.79 Å². The van der Waals surface area contributed by atoms with Crippen molar-refractivity contribution in [3.05, 3.63) is 35.4 Å². The Bertz CT molecular complexity index is 569. The summed E-state index contributed by atoms with van der Waals surface area (Å²) in [5.74, 6) is 0.471. The molecule has 1 fully saturated rings. The third-order valence-corrected chi connectivity index (χ3v) is 5.67. The Morgan fingerprint density at radius 2 is 2.00 bits per heavy atom. The summed E-state index contributed by atoms with van der Waals surface area (Å²) >= 11 is 0. The molecular formula is C20H32N4O. The highest BCUT2D eigenvalue weighted by Crippen LogP contribution is 2.32. The van der Waals surface area contributed by atoms with Crippen molar-refractivity contribution in [1.82, 2.24) is 20.0 Å². The van der Waals surface area contributed by atoms with Gasteiger partial charge in [0.2, 0.25) is 0 Å². The number of carbonyl (C=O) groups is 1. The maximum absolute atomic E-state index is 12.3. The van der Waals surface area contributed by atoms with Crippen molar-refractivity contribution in [2.24, 2.45) is 0 Å². The SMILES string of the molecule is CN1CCN(CCCN(C)C(=O)NC[C@@H]2CCc3ccccc32)CC1. The van der Waals surface area contributed by atoms with Gasteiger partial charge in [-0.15, -0.1) is 0 Å². The lowest BCUT2D eigenvalue weighted by molar-refractivity contribution is 0.148. The predicted molar refractivity (Wildman–Crippen MR) is 102 cm³/mol. The van der Waals surface area contributed by atoms with Crippen molar-refractivity contribution in [1.29, 1.82) is 0 Å². The highest BCUT2D eigenvalue weighted by molar-refractivity contribution is 5.73. The molecule has 2 aliphatic rings. The molecule has 1 N–H and O–H groups in total. The molecule has 1 aromatic carbocycles. The van der Waals surface area contributed by atoms with E-state index in [-0.39, 0.29) is 6.03 Å². The Hall–Kier alpha value is -1.59. The van der Waals surface area contributed by atoms with Crippen LogP contribution < -0.4 is 5.32 Å². The molecule has 0 unspecified atom stereocenters. The van der Waals surface area contributed by atoms with E-state index in [9.17, 15) is 4.79 Å². The number of aryl methyl sites for hydroxylation is 1. The molecule has 25 heavy (non-hydrogen) atoms. The Morgan fingerprint density at radius 1 is 1.24 bits per heavy atom. The van der Waals surface area contributed by atoms with E-state index in [0.29, 0.717) is 5.92 Å². The summed E-state index contributed by atoms with van der Waals surface area (Å²) in [6.07, 6.45) is 3.32. The van der Waals surface area contributed by atoms with Gasteiger partial charge in [0.15, 0.2) is 0 Å². The molecule has 1 saturated heterocycles. The molecule has 138 valence electrons. The summed E-state index contributed by atoms with van der Waals surface area (Å²) in [5, 5.41) is 3.13. The first-order valence-corrected chi connectivity index (χ1v) is 9.61. The van der Waals surface area contributed by atoms with Gasteiger partial charge in [-0.3, -0.25) is 0 Å². The number of nitrogens with one attached hydrogen (secondary N) is 1. The third-order valence-electron chi connectivity index (χ3n) is 5.67. The van der Waals surface area contributed by atoms with E-state index >= 15 is 0 Å². The summed E-state index contributed by atoms with van der Waals surface area (Å²) in [6.45, 7) is 7.25. The molecular weight excluding hydrogens is 312 g/mol. The van der Waals surface area contributed by atoms with E-state index < -0.39 is 0 Å². The molecule has 0 spiro atoms. The van der Waals surface area contributed by atoms with Crippen LogP contribution >= 0.6 is 0 Å². The third kappa shape index (κ3) is 4.95. The standard InChI is InChI=1S/C20H32N4O/c1-22-12-14-24(15-13-22)11-5-10-23(2)20(25)21-16-18-9-8-17-6-3-4-7-19(17)18/h3-4,6-7,18H,5,8-16H2,1-2H3,(H,21,25)/t18-/m0/s1. The number of amides is 2. The van der Waals surface area contributed by atoms with Gasteiger partial charge in [0, 0.05) is 52.2 Å². The van der Waals surface area contributed by atoms with Crippen molar-refractivity contribution in [2.75, 3.05) is 59.9 Å². The Kier molecular flexibility index (Phi) is 6.32. The van der Waals surface area contributed by atoms with Crippen LogP contribution in [0.15, 0.2) is 24.3 Å². The Morgan fingerprint density at radius 3 is 2.80 bits per heavy atom. The second-order valence-electron chi connectivity index (χ2n) is 7.54. The summed E-state index contributed by atoms with van der Waals surface area (Å²) in [5.41, 5.74) is 2.86. The van der Waals surface area contributed by atoms with Crippen molar-refractivity contribution in [3.63, 3.8) is 0 Å². The summed E-state index contributed by atoms with van der Waals surface area (Å²) in [4.78, 5) is 19.0. The van der Waals surface area contributed by atoms with E-state index in [4.69, 9.17) is 0 Å². The van der Waals surface area contributed by atoms with Crippen LogP contribution in [-0.4, -0.2) is 80.6 Å². The number of fused-ring (bicyclic) bond motifs is 1. The number of hydrogen-bond acceptors (Lipinski definition) is 3. The van der Waals surface area contributed by atoms with Crippen molar-refractivity contribution < 1.29 is 4.79 Å². The largest absolute Gasteiger partial charge is 0.337 e. The van der Waals surface area contributed by atoms with Crippen LogP contribution in [0.4, 0.5) is 4.79 Å². The number of piperazine rings is 1. The molecule has 5 heteroatoms. The fourth-order valence-electron chi connectivity index (χ4n) is 3.91. The molecule has 0 saturated carbocycles. The second kappa shape index (κ2) is 8.68. The minimum atomic E-state index is 0.0581. The topological polar surface area (TPSA) is 38.8 Å². The zero-order valence-corrected chi connectivity index (χ0v) is 15.7. The van der Waals surface area contributed by atoms with Gasteiger partial charge in [-0.1, -0.05) is 24.3 Å². The molecule has 0 bridgehead atoms. The molecule has 1 atom stereocenters. The number of rotatable bonds is 6. The van der Waals surface area contributed by atoms with Crippen LogP contribution in [0.5, 0.6) is 0 Å². The van der Waals surface area contributed by atoms with Gasteiger partial charge in [0.25, 0.3) is 0 Å². The molecule has 1 heterocycles. The monoisotopic (exact) mass is 344 g/mol. The molecule has 1 aromatic rings. The zero-order valence-electron chi connectivity index (χ0n) is 15.7. The quantitative estimate of drug-likeness (QED) is 0.858. The molecule has 0 radical (unpaired) electrons. The molecule has 5 nitrogen and oxygen atoms in total. The normalized spacial score (nSPS) is 21.1. The van der Waals surface area contributed by atoms with Crippen LogP contribution in [0, 0.1) is 0 Å².